The number of carbonyl (C=O) groups is 1. The third-order valence-electron chi connectivity index (χ3n) is 2.22. The summed E-state index contributed by atoms with van der Waals surface area (Å²) in [4.78, 5) is 10.5. The molecule has 0 saturated heterocycles. The first-order chi connectivity index (χ1) is 7.91. The fourth-order valence-electron chi connectivity index (χ4n) is 1.24. The van der Waals surface area contributed by atoms with Gasteiger partial charge in [0.15, 0.2) is 0 Å². The summed E-state index contributed by atoms with van der Waals surface area (Å²) in [5.41, 5.74) is -0.261. The molecular formula is C11H12F2O3S. The Morgan fingerprint density at radius 2 is 1.94 bits per heavy atom. The van der Waals surface area contributed by atoms with Crippen molar-refractivity contribution in [2.75, 3.05) is 5.75 Å². The number of halogens is 2. The molecule has 0 aliphatic rings. The van der Waals surface area contributed by atoms with E-state index < -0.39 is 34.3 Å². The summed E-state index contributed by atoms with van der Waals surface area (Å²) >= 11 is 0. The van der Waals surface area contributed by atoms with E-state index in [1.54, 1.807) is 0 Å². The van der Waals surface area contributed by atoms with E-state index in [0.717, 1.165) is 12.1 Å². The van der Waals surface area contributed by atoms with Gasteiger partial charge in [-0.1, -0.05) is 13.0 Å². The van der Waals surface area contributed by atoms with Crippen LogP contribution >= 0.6 is 0 Å². The molecule has 1 aromatic carbocycles. The van der Waals surface area contributed by atoms with Gasteiger partial charge in [0.2, 0.25) is 0 Å². The quantitative estimate of drug-likeness (QED) is 0.882. The van der Waals surface area contributed by atoms with Crippen molar-refractivity contribution in [3.8, 4) is 0 Å². The summed E-state index contributed by atoms with van der Waals surface area (Å²) in [6.45, 7) is 1.40. The van der Waals surface area contributed by atoms with Gasteiger partial charge in [-0.05, 0) is 12.1 Å². The van der Waals surface area contributed by atoms with Crippen LogP contribution in [0.1, 0.15) is 12.5 Å². The zero-order valence-corrected chi connectivity index (χ0v) is 9.97. The highest BCUT2D eigenvalue weighted by Crippen LogP contribution is 2.15. The molecule has 0 fully saturated rings. The maximum Gasteiger partial charge on any atom is 0.307 e. The molecule has 2 unspecified atom stereocenters. The number of hydrogen-bond donors (Lipinski definition) is 1. The Bertz CT molecular complexity index is 428. The lowest BCUT2D eigenvalue weighted by atomic mass is 10.2. The minimum absolute atomic E-state index is 0.122. The lowest BCUT2D eigenvalue weighted by Gasteiger charge is -2.07. The third kappa shape index (κ3) is 3.89. The van der Waals surface area contributed by atoms with Gasteiger partial charge in [-0.25, -0.2) is 8.78 Å². The molecular weight excluding hydrogens is 250 g/mol. The van der Waals surface area contributed by atoms with E-state index in [0.29, 0.717) is 0 Å². The lowest BCUT2D eigenvalue weighted by molar-refractivity contribution is -0.140. The summed E-state index contributed by atoms with van der Waals surface area (Å²) < 4.78 is 38.0. The molecule has 0 saturated carbocycles. The topological polar surface area (TPSA) is 54.4 Å². The molecule has 2 atom stereocenters. The first-order valence-corrected chi connectivity index (χ1v) is 6.41. The van der Waals surface area contributed by atoms with E-state index in [2.05, 4.69) is 0 Å². The Morgan fingerprint density at radius 1 is 1.41 bits per heavy atom. The summed E-state index contributed by atoms with van der Waals surface area (Å²) in [5.74, 6) is -3.83. The maximum absolute atomic E-state index is 13.2. The summed E-state index contributed by atoms with van der Waals surface area (Å²) in [6.07, 6.45) is 0. The predicted octanol–water partition coefficient (Wildman–Crippen LogP) is 1.93. The van der Waals surface area contributed by atoms with E-state index in [1.165, 1.54) is 13.0 Å². The van der Waals surface area contributed by atoms with Crippen LogP contribution in [0.4, 0.5) is 8.78 Å². The largest absolute Gasteiger partial charge is 0.481 e. The van der Waals surface area contributed by atoms with Crippen LogP contribution in [0.3, 0.4) is 0 Å². The van der Waals surface area contributed by atoms with Crippen LogP contribution in [0.5, 0.6) is 0 Å². The molecule has 0 radical (unpaired) electrons. The van der Waals surface area contributed by atoms with Crippen molar-refractivity contribution in [3.05, 3.63) is 35.4 Å². The van der Waals surface area contributed by atoms with E-state index in [-0.39, 0.29) is 17.1 Å². The number of carboxylic acid groups (broad SMARTS) is 1. The molecule has 0 aliphatic heterocycles. The molecule has 1 N–H and O–H groups in total. The van der Waals surface area contributed by atoms with Crippen molar-refractivity contribution in [1.29, 1.82) is 0 Å². The number of rotatable bonds is 5. The van der Waals surface area contributed by atoms with Crippen molar-refractivity contribution >= 4 is 16.8 Å². The molecule has 0 aliphatic carbocycles. The second kappa shape index (κ2) is 5.86. The lowest BCUT2D eigenvalue weighted by Crippen LogP contribution is -2.18. The van der Waals surface area contributed by atoms with E-state index in [9.17, 15) is 17.8 Å². The molecule has 94 valence electrons. The maximum atomic E-state index is 13.2. The minimum Gasteiger partial charge on any atom is -0.481 e. The van der Waals surface area contributed by atoms with Crippen LogP contribution in [0.15, 0.2) is 18.2 Å². The van der Waals surface area contributed by atoms with Crippen molar-refractivity contribution in [1.82, 2.24) is 0 Å². The Labute approximate surface area is 99.9 Å². The Morgan fingerprint density at radius 3 is 2.41 bits per heavy atom. The Kier molecular flexibility index (Phi) is 4.74. The second-order valence-electron chi connectivity index (χ2n) is 3.69. The normalized spacial score (nSPS) is 14.3. The van der Waals surface area contributed by atoms with Crippen molar-refractivity contribution in [2.45, 2.75) is 12.7 Å². The fourth-order valence-corrected chi connectivity index (χ4v) is 2.66. The first kappa shape index (κ1) is 13.8. The molecule has 6 heteroatoms. The van der Waals surface area contributed by atoms with E-state index in [4.69, 9.17) is 5.11 Å². The molecule has 3 nitrogen and oxygen atoms in total. The van der Waals surface area contributed by atoms with Gasteiger partial charge >= 0.3 is 5.97 Å². The van der Waals surface area contributed by atoms with Crippen LogP contribution in [0.25, 0.3) is 0 Å². The SMILES string of the molecule is CC(CS(=O)Cc1c(F)cccc1F)C(=O)O. The van der Waals surface area contributed by atoms with Gasteiger partial charge in [-0.2, -0.15) is 0 Å². The van der Waals surface area contributed by atoms with Gasteiger partial charge in [0, 0.05) is 22.1 Å². The molecule has 0 amide bonds. The Hall–Kier alpha value is -1.30. The molecule has 1 aromatic rings. The van der Waals surface area contributed by atoms with Gasteiger partial charge in [0.25, 0.3) is 0 Å². The molecule has 0 aromatic heterocycles. The molecule has 0 spiro atoms. The van der Waals surface area contributed by atoms with Gasteiger partial charge in [0.1, 0.15) is 11.6 Å². The van der Waals surface area contributed by atoms with Crippen LogP contribution < -0.4 is 0 Å². The summed E-state index contributed by atoms with van der Waals surface area (Å²) in [5, 5.41) is 8.62. The number of benzene rings is 1. The predicted molar refractivity (Wildman–Crippen MR) is 59.9 cm³/mol. The first-order valence-electron chi connectivity index (χ1n) is 4.92. The van der Waals surface area contributed by atoms with Gasteiger partial charge in [-0.15, -0.1) is 0 Å². The smallest absolute Gasteiger partial charge is 0.307 e. The zero-order chi connectivity index (χ0) is 13.0. The summed E-state index contributed by atoms with van der Waals surface area (Å²) in [7, 11) is -1.60. The highest BCUT2D eigenvalue weighted by Gasteiger charge is 2.17. The van der Waals surface area contributed by atoms with Crippen molar-refractivity contribution in [2.24, 2.45) is 5.92 Å². The number of carboxylic acids is 1. The second-order valence-corrected chi connectivity index (χ2v) is 5.19. The van der Waals surface area contributed by atoms with Gasteiger partial charge in [0.05, 0.1) is 11.7 Å². The molecule has 17 heavy (non-hydrogen) atoms. The minimum atomic E-state index is -1.60. The van der Waals surface area contributed by atoms with Crippen LogP contribution in [-0.4, -0.2) is 21.0 Å². The fraction of sp³-hybridized carbons (Fsp3) is 0.364. The van der Waals surface area contributed by atoms with Crippen molar-refractivity contribution < 1.29 is 22.9 Å². The van der Waals surface area contributed by atoms with Gasteiger partial charge in [-0.3, -0.25) is 9.00 Å². The average Bonchev–Trinajstić information content (AvgIpc) is 2.23. The van der Waals surface area contributed by atoms with E-state index >= 15 is 0 Å². The third-order valence-corrected chi connectivity index (χ3v) is 3.71. The van der Waals surface area contributed by atoms with Crippen LogP contribution in [0, 0.1) is 17.6 Å². The average molecular weight is 262 g/mol. The van der Waals surface area contributed by atoms with Gasteiger partial charge < -0.3 is 5.11 Å². The monoisotopic (exact) mass is 262 g/mol. The molecule has 0 heterocycles. The number of aliphatic carboxylic acids is 1. The van der Waals surface area contributed by atoms with Crippen LogP contribution in [0.2, 0.25) is 0 Å². The Balaban J connectivity index is 2.72. The molecule has 0 bridgehead atoms. The van der Waals surface area contributed by atoms with Crippen molar-refractivity contribution in [3.63, 3.8) is 0 Å². The van der Waals surface area contributed by atoms with Crippen LogP contribution in [-0.2, 0) is 21.3 Å². The highest BCUT2D eigenvalue weighted by molar-refractivity contribution is 7.84. The standard InChI is InChI=1S/C11H12F2O3S/c1-7(11(14)15)5-17(16)6-8-9(12)3-2-4-10(8)13/h2-4,7H,5-6H2,1H3,(H,14,15). The van der Waals surface area contributed by atoms with E-state index in [1.807, 2.05) is 0 Å². The highest BCUT2D eigenvalue weighted by atomic mass is 32.2. The zero-order valence-electron chi connectivity index (χ0n) is 9.15. The number of hydrogen-bond acceptors (Lipinski definition) is 2. The summed E-state index contributed by atoms with van der Waals surface area (Å²) in [6, 6.07) is 3.38. The molecule has 1 rings (SSSR count).